The average molecular weight is 683 g/mol. The number of sulfonamides is 1. The number of anilines is 1. The van der Waals surface area contributed by atoms with Crippen LogP contribution in [0.2, 0.25) is 10.0 Å². The second-order valence-electron chi connectivity index (χ2n) is 11.3. The second kappa shape index (κ2) is 15.1. The summed E-state index contributed by atoms with van der Waals surface area (Å²) in [5.74, 6) is -1.40. The first-order chi connectivity index (χ1) is 22.1. The molecule has 11 heteroatoms. The van der Waals surface area contributed by atoms with Crippen molar-refractivity contribution >= 4 is 50.7 Å². The van der Waals surface area contributed by atoms with Crippen LogP contribution >= 0.6 is 23.2 Å². The first-order valence-corrected chi connectivity index (χ1v) is 17.2. The lowest BCUT2D eigenvalue weighted by Crippen LogP contribution is -2.54. The zero-order valence-electron chi connectivity index (χ0n) is 25.0. The number of halogens is 3. The van der Waals surface area contributed by atoms with Gasteiger partial charge in [0, 0.05) is 29.1 Å². The average Bonchev–Trinajstić information content (AvgIpc) is 3.56. The Balaban J connectivity index is 1.56. The lowest BCUT2D eigenvalue weighted by atomic mass is 10.0. The van der Waals surface area contributed by atoms with E-state index in [4.69, 9.17) is 23.2 Å². The fourth-order valence-corrected chi connectivity index (χ4v) is 7.32. The van der Waals surface area contributed by atoms with Crippen LogP contribution in [-0.4, -0.2) is 43.8 Å². The predicted molar refractivity (Wildman–Crippen MR) is 179 cm³/mol. The molecule has 1 atom stereocenters. The van der Waals surface area contributed by atoms with Crippen molar-refractivity contribution in [3.63, 3.8) is 0 Å². The van der Waals surface area contributed by atoms with Crippen molar-refractivity contribution < 1.29 is 22.4 Å². The Kier molecular flexibility index (Phi) is 11.0. The molecule has 0 spiro atoms. The molecule has 7 nitrogen and oxygen atoms in total. The Morgan fingerprint density at radius 1 is 0.826 bits per heavy atom. The summed E-state index contributed by atoms with van der Waals surface area (Å²) in [6.07, 6.45) is 3.88. The van der Waals surface area contributed by atoms with Crippen LogP contribution in [0.15, 0.2) is 108 Å². The van der Waals surface area contributed by atoms with Gasteiger partial charge in [0.2, 0.25) is 11.8 Å². The molecule has 240 valence electrons. The second-order valence-corrected chi connectivity index (χ2v) is 14.0. The first kappa shape index (κ1) is 33.4. The topological polar surface area (TPSA) is 86.8 Å². The molecule has 0 radical (unpaired) electrons. The van der Waals surface area contributed by atoms with Gasteiger partial charge < -0.3 is 10.2 Å². The maximum absolute atomic E-state index is 14.5. The van der Waals surface area contributed by atoms with E-state index in [1.54, 1.807) is 30.3 Å². The summed E-state index contributed by atoms with van der Waals surface area (Å²) < 4.78 is 43.0. The molecule has 0 aromatic heterocycles. The minimum Gasteiger partial charge on any atom is -0.352 e. The standard InChI is InChI=1S/C35H34Cl2FN3O4S/c36-27-15-19-32(20-16-27)46(44,45)41(31-12-6-9-28(37)22-31)24-34(42)40(23-26-13-17-29(38)18-14-26)33(21-25-7-2-1-3-8-25)35(43)39-30-10-4-5-11-30/h1-3,6-9,12-20,22,30,33H,4-5,10-11,21,23-24H2,(H,39,43)/t33-/m0/s1. The van der Waals surface area contributed by atoms with Crippen LogP contribution in [0.1, 0.15) is 36.8 Å². The van der Waals surface area contributed by atoms with Crippen LogP contribution in [0.25, 0.3) is 0 Å². The molecule has 4 aromatic rings. The molecule has 4 aromatic carbocycles. The summed E-state index contributed by atoms with van der Waals surface area (Å²) in [5, 5.41) is 3.76. The van der Waals surface area contributed by atoms with E-state index in [0.717, 1.165) is 35.6 Å². The highest BCUT2D eigenvalue weighted by Gasteiger charge is 2.35. The van der Waals surface area contributed by atoms with Gasteiger partial charge in [-0.15, -0.1) is 0 Å². The van der Waals surface area contributed by atoms with Crippen molar-refractivity contribution in [2.75, 3.05) is 10.8 Å². The fraction of sp³-hybridized carbons (Fsp3) is 0.257. The number of carbonyl (C=O) groups excluding carboxylic acids is 2. The minimum atomic E-state index is -4.30. The highest BCUT2D eigenvalue weighted by atomic mass is 35.5. The Hall–Kier alpha value is -3.92. The molecule has 46 heavy (non-hydrogen) atoms. The smallest absolute Gasteiger partial charge is 0.264 e. The van der Waals surface area contributed by atoms with Gasteiger partial charge >= 0.3 is 0 Å². The molecule has 1 aliphatic rings. The molecule has 0 bridgehead atoms. The van der Waals surface area contributed by atoms with Gasteiger partial charge in [0.25, 0.3) is 10.0 Å². The van der Waals surface area contributed by atoms with E-state index < -0.39 is 34.3 Å². The number of hydrogen-bond acceptors (Lipinski definition) is 4. The van der Waals surface area contributed by atoms with Crippen LogP contribution < -0.4 is 9.62 Å². The van der Waals surface area contributed by atoms with E-state index in [1.165, 1.54) is 47.4 Å². The summed E-state index contributed by atoms with van der Waals surface area (Å²) in [4.78, 5) is 29.8. The van der Waals surface area contributed by atoms with Gasteiger partial charge in [-0.2, -0.15) is 0 Å². The van der Waals surface area contributed by atoms with Gasteiger partial charge in [-0.05, 0) is 78.6 Å². The summed E-state index contributed by atoms with van der Waals surface area (Å²) in [7, 11) is -4.30. The number of amides is 2. The third-order valence-corrected chi connectivity index (χ3v) is 10.3. The Morgan fingerprint density at radius 3 is 2.15 bits per heavy atom. The number of nitrogens with one attached hydrogen (secondary N) is 1. The van der Waals surface area contributed by atoms with Gasteiger partial charge in [0.1, 0.15) is 18.4 Å². The molecular weight excluding hydrogens is 648 g/mol. The SMILES string of the molecule is O=C(NC1CCCC1)[C@H](Cc1ccccc1)N(Cc1ccc(F)cc1)C(=O)CN(c1cccc(Cl)c1)S(=O)(=O)c1ccc(Cl)cc1. The van der Waals surface area contributed by atoms with Crippen LogP contribution in [0.3, 0.4) is 0 Å². The fourth-order valence-electron chi connectivity index (χ4n) is 5.60. The van der Waals surface area contributed by atoms with Crippen molar-refractivity contribution in [3.8, 4) is 0 Å². The number of rotatable bonds is 12. The highest BCUT2D eigenvalue weighted by Crippen LogP contribution is 2.28. The number of carbonyl (C=O) groups is 2. The van der Waals surface area contributed by atoms with E-state index in [0.29, 0.717) is 10.6 Å². The van der Waals surface area contributed by atoms with Crippen molar-refractivity contribution in [3.05, 3.63) is 130 Å². The molecule has 1 N–H and O–H groups in total. The minimum absolute atomic E-state index is 0.0122. The summed E-state index contributed by atoms with van der Waals surface area (Å²) in [6.45, 7) is -0.687. The number of nitrogens with zero attached hydrogens (tertiary/aromatic N) is 2. The number of hydrogen-bond donors (Lipinski definition) is 1. The van der Waals surface area contributed by atoms with E-state index in [9.17, 15) is 22.4 Å². The molecule has 0 aliphatic heterocycles. The van der Waals surface area contributed by atoms with Crippen LogP contribution in [-0.2, 0) is 32.6 Å². The zero-order chi connectivity index (χ0) is 32.7. The van der Waals surface area contributed by atoms with E-state index in [2.05, 4.69) is 5.32 Å². The van der Waals surface area contributed by atoms with Crippen molar-refractivity contribution in [1.82, 2.24) is 10.2 Å². The monoisotopic (exact) mass is 681 g/mol. The molecular formula is C35H34Cl2FN3O4S. The molecule has 1 saturated carbocycles. The van der Waals surface area contributed by atoms with Gasteiger partial charge in [-0.25, -0.2) is 12.8 Å². The largest absolute Gasteiger partial charge is 0.352 e. The third kappa shape index (κ3) is 8.46. The molecule has 5 rings (SSSR count). The van der Waals surface area contributed by atoms with Crippen LogP contribution in [0.4, 0.5) is 10.1 Å². The summed E-state index contributed by atoms with van der Waals surface area (Å²) in [5.41, 5.74) is 1.58. The normalized spacial score (nSPS) is 14.1. The quantitative estimate of drug-likeness (QED) is 0.174. The molecule has 0 saturated heterocycles. The third-order valence-electron chi connectivity index (χ3n) is 8.02. The van der Waals surface area contributed by atoms with Gasteiger partial charge in [0.05, 0.1) is 10.6 Å². The Bertz CT molecular complexity index is 1750. The van der Waals surface area contributed by atoms with Crippen molar-refractivity contribution in [1.29, 1.82) is 0 Å². The Labute approximate surface area is 279 Å². The lowest BCUT2D eigenvalue weighted by molar-refractivity contribution is -0.140. The molecule has 0 heterocycles. The van der Waals surface area contributed by atoms with E-state index in [1.807, 2.05) is 30.3 Å². The highest BCUT2D eigenvalue weighted by molar-refractivity contribution is 7.92. The van der Waals surface area contributed by atoms with Gasteiger partial charge in [0.15, 0.2) is 0 Å². The Morgan fingerprint density at radius 2 is 1.50 bits per heavy atom. The van der Waals surface area contributed by atoms with Crippen molar-refractivity contribution in [2.45, 2.75) is 55.6 Å². The van der Waals surface area contributed by atoms with E-state index in [-0.39, 0.29) is 40.5 Å². The molecule has 2 amide bonds. The van der Waals surface area contributed by atoms with E-state index >= 15 is 0 Å². The van der Waals surface area contributed by atoms with Gasteiger partial charge in [-0.3, -0.25) is 13.9 Å². The zero-order valence-corrected chi connectivity index (χ0v) is 27.3. The predicted octanol–water partition coefficient (Wildman–Crippen LogP) is 7.03. The molecule has 1 aliphatic carbocycles. The van der Waals surface area contributed by atoms with Gasteiger partial charge in [-0.1, -0.05) is 84.6 Å². The summed E-state index contributed by atoms with van der Waals surface area (Å²) in [6, 6.07) is 25.8. The van der Waals surface area contributed by atoms with Crippen LogP contribution in [0, 0.1) is 5.82 Å². The summed E-state index contributed by atoms with van der Waals surface area (Å²) >= 11 is 12.3. The number of benzene rings is 4. The van der Waals surface area contributed by atoms with Crippen molar-refractivity contribution in [2.24, 2.45) is 0 Å². The maximum Gasteiger partial charge on any atom is 0.264 e. The maximum atomic E-state index is 14.5. The molecule has 1 fully saturated rings. The van der Waals surface area contributed by atoms with Crippen LogP contribution in [0.5, 0.6) is 0 Å². The first-order valence-electron chi connectivity index (χ1n) is 15.0. The molecule has 0 unspecified atom stereocenters. The lowest BCUT2D eigenvalue weighted by Gasteiger charge is -2.34.